The lowest BCUT2D eigenvalue weighted by Crippen LogP contribution is -2.39. The van der Waals surface area contributed by atoms with Crippen LogP contribution in [-0.4, -0.2) is 50.3 Å². The molecule has 1 aliphatic heterocycles. The highest BCUT2D eigenvalue weighted by atomic mass is 35.5. The highest BCUT2D eigenvalue weighted by molar-refractivity contribution is 7.89. The van der Waals surface area contributed by atoms with Gasteiger partial charge in [-0.25, -0.2) is 8.42 Å². The third-order valence-corrected chi connectivity index (χ3v) is 7.68. The Bertz CT molecular complexity index is 1060. The number of piperidine rings is 1. The van der Waals surface area contributed by atoms with Crippen molar-refractivity contribution in [3.8, 4) is 5.75 Å². The van der Waals surface area contributed by atoms with E-state index >= 15 is 0 Å². The van der Waals surface area contributed by atoms with E-state index < -0.39 is 22.5 Å². The smallest absolute Gasteiger partial charge is 0.387 e. The Morgan fingerprint density at radius 3 is 2.56 bits per heavy atom. The Hall–Kier alpha value is -2.23. The number of rotatable bonds is 7. The van der Waals surface area contributed by atoms with Gasteiger partial charge in [0.2, 0.25) is 10.0 Å². The monoisotopic (exact) mass is 486 g/mol. The van der Waals surface area contributed by atoms with Gasteiger partial charge in [-0.3, -0.25) is 4.79 Å². The third kappa shape index (κ3) is 5.76. The summed E-state index contributed by atoms with van der Waals surface area (Å²) in [7, 11) is -2.26. The predicted octanol–water partition coefficient (Wildman–Crippen LogP) is 4.63. The maximum absolute atomic E-state index is 13.1. The van der Waals surface area contributed by atoms with E-state index in [1.54, 1.807) is 19.2 Å². The minimum atomic E-state index is -3.83. The molecule has 2 aromatic rings. The fraction of sp³-hybridized carbons (Fsp3) is 0.409. The first-order chi connectivity index (χ1) is 15.1. The number of ether oxygens (including phenoxy) is 1. The van der Waals surface area contributed by atoms with E-state index in [1.807, 2.05) is 6.92 Å². The maximum atomic E-state index is 13.1. The molecule has 174 valence electrons. The number of amides is 1. The summed E-state index contributed by atoms with van der Waals surface area (Å²) in [5.74, 6) is -0.110. The molecular formula is C22H25ClF2N2O4S. The largest absolute Gasteiger partial charge is 0.435 e. The predicted molar refractivity (Wildman–Crippen MR) is 117 cm³/mol. The van der Waals surface area contributed by atoms with E-state index in [-0.39, 0.29) is 33.7 Å². The zero-order valence-electron chi connectivity index (χ0n) is 17.8. The molecule has 32 heavy (non-hydrogen) atoms. The number of alkyl halides is 2. The van der Waals surface area contributed by atoms with Crippen LogP contribution in [-0.2, 0) is 16.6 Å². The van der Waals surface area contributed by atoms with Crippen LogP contribution in [0.15, 0.2) is 47.4 Å². The van der Waals surface area contributed by atoms with Gasteiger partial charge in [-0.05, 0) is 54.7 Å². The molecule has 2 aromatic carbocycles. The van der Waals surface area contributed by atoms with Crippen LogP contribution >= 0.6 is 11.6 Å². The lowest BCUT2D eigenvalue weighted by atomic mass is 10.0. The quantitative estimate of drug-likeness (QED) is 0.572. The van der Waals surface area contributed by atoms with Crippen molar-refractivity contribution >= 4 is 27.5 Å². The van der Waals surface area contributed by atoms with E-state index in [9.17, 15) is 22.0 Å². The Morgan fingerprint density at radius 1 is 1.25 bits per heavy atom. The minimum absolute atomic E-state index is 0.0253. The van der Waals surface area contributed by atoms with Gasteiger partial charge in [-0.1, -0.05) is 30.7 Å². The van der Waals surface area contributed by atoms with Gasteiger partial charge in [0, 0.05) is 32.2 Å². The van der Waals surface area contributed by atoms with Crippen LogP contribution in [0.2, 0.25) is 5.02 Å². The molecule has 1 atom stereocenters. The van der Waals surface area contributed by atoms with Gasteiger partial charge < -0.3 is 9.64 Å². The molecule has 3 rings (SSSR count). The normalized spacial score (nSPS) is 17.4. The van der Waals surface area contributed by atoms with Crippen LogP contribution in [0.25, 0.3) is 0 Å². The Labute approximate surface area is 191 Å². The summed E-state index contributed by atoms with van der Waals surface area (Å²) < 4.78 is 56.6. The lowest BCUT2D eigenvalue weighted by molar-refractivity contribution is -0.0498. The molecule has 10 heteroatoms. The summed E-state index contributed by atoms with van der Waals surface area (Å²) in [5, 5.41) is 0.0667. The molecule has 0 bridgehead atoms. The van der Waals surface area contributed by atoms with E-state index in [0.29, 0.717) is 18.7 Å². The molecule has 1 fully saturated rings. The summed E-state index contributed by atoms with van der Waals surface area (Å²) in [6.07, 6.45) is 1.75. The highest BCUT2D eigenvalue weighted by Crippen LogP contribution is 2.29. The fourth-order valence-corrected chi connectivity index (χ4v) is 5.78. The van der Waals surface area contributed by atoms with E-state index in [0.717, 1.165) is 12.8 Å². The molecule has 1 saturated heterocycles. The molecule has 0 N–H and O–H groups in total. The van der Waals surface area contributed by atoms with Gasteiger partial charge in [0.05, 0.1) is 5.02 Å². The second-order valence-corrected chi connectivity index (χ2v) is 10.3. The summed E-state index contributed by atoms with van der Waals surface area (Å²) in [6, 6.07) is 10.2. The third-order valence-electron chi connectivity index (χ3n) is 5.33. The summed E-state index contributed by atoms with van der Waals surface area (Å²) >= 11 is 6.21. The number of sulfonamides is 1. The second-order valence-electron chi connectivity index (χ2n) is 7.94. The molecule has 0 aliphatic carbocycles. The van der Waals surface area contributed by atoms with Crippen LogP contribution < -0.4 is 4.74 Å². The van der Waals surface area contributed by atoms with Gasteiger partial charge in [0.1, 0.15) is 10.6 Å². The zero-order valence-corrected chi connectivity index (χ0v) is 19.4. The fourth-order valence-electron chi connectivity index (χ4n) is 3.68. The van der Waals surface area contributed by atoms with E-state index in [4.69, 9.17) is 11.6 Å². The Balaban J connectivity index is 1.77. The van der Waals surface area contributed by atoms with Crippen molar-refractivity contribution in [3.63, 3.8) is 0 Å². The van der Waals surface area contributed by atoms with Crippen molar-refractivity contribution in [2.24, 2.45) is 5.92 Å². The molecule has 0 saturated carbocycles. The molecule has 0 aromatic heterocycles. The molecule has 1 heterocycles. The zero-order chi connectivity index (χ0) is 23.5. The Morgan fingerprint density at radius 2 is 1.94 bits per heavy atom. The van der Waals surface area contributed by atoms with Crippen molar-refractivity contribution in [2.45, 2.75) is 37.8 Å². The minimum Gasteiger partial charge on any atom is -0.435 e. The summed E-state index contributed by atoms with van der Waals surface area (Å²) in [5.41, 5.74) is 0.893. The van der Waals surface area contributed by atoms with Crippen LogP contribution in [0.5, 0.6) is 5.75 Å². The van der Waals surface area contributed by atoms with Gasteiger partial charge in [-0.15, -0.1) is 0 Å². The van der Waals surface area contributed by atoms with E-state index in [1.165, 1.54) is 39.5 Å². The Kier molecular flexibility index (Phi) is 7.74. The summed E-state index contributed by atoms with van der Waals surface area (Å²) in [4.78, 5) is 14.3. The number of carbonyl (C=O) groups is 1. The standard InChI is InChI=1S/C22H25ClF2N2O4S/c1-15-4-3-11-27(13-15)32(29,30)20-12-17(7-10-19(20)23)21(28)26(2)14-16-5-8-18(9-6-16)31-22(24)25/h5-10,12,15,22H,3-4,11,13-14H2,1-2H3. The van der Waals surface area contributed by atoms with Gasteiger partial charge in [0.15, 0.2) is 0 Å². The first-order valence-electron chi connectivity index (χ1n) is 10.2. The van der Waals surface area contributed by atoms with Crippen LogP contribution in [0, 0.1) is 5.92 Å². The molecule has 0 radical (unpaired) electrons. The van der Waals surface area contributed by atoms with Crippen molar-refractivity contribution in [2.75, 3.05) is 20.1 Å². The van der Waals surface area contributed by atoms with Crippen molar-refractivity contribution in [1.82, 2.24) is 9.21 Å². The van der Waals surface area contributed by atoms with Crippen LogP contribution in [0.4, 0.5) is 8.78 Å². The number of hydrogen-bond acceptors (Lipinski definition) is 4. The number of hydrogen-bond donors (Lipinski definition) is 0. The molecule has 1 amide bonds. The summed E-state index contributed by atoms with van der Waals surface area (Å²) in [6.45, 7) is 0.134. The highest BCUT2D eigenvalue weighted by Gasteiger charge is 2.31. The van der Waals surface area contributed by atoms with Gasteiger partial charge >= 0.3 is 6.61 Å². The van der Waals surface area contributed by atoms with E-state index in [2.05, 4.69) is 4.74 Å². The maximum Gasteiger partial charge on any atom is 0.387 e. The van der Waals surface area contributed by atoms with Crippen molar-refractivity contribution < 1.29 is 26.7 Å². The van der Waals surface area contributed by atoms with Crippen molar-refractivity contribution in [1.29, 1.82) is 0 Å². The SMILES string of the molecule is CC1CCCN(S(=O)(=O)c2cc(C(=O)N(C)Cc3ccc(OC(F)F)cc3)ccc2Cl)C1. The van der Waals surface area contributed by atoms with Gasteiger partial charge in [-0.2, -0.15) is 13.1 Å². The first kappa shape index (κ1) is 24.4. The number of nitrogens with zero attached hydrogens (tertiary/aromatic N) is 2. The average molecular weight is 487 g/mol. The number of benzene rings is 2. The number of halogens is 3. The second kappa shape index (κ2) is 10.1. The van der Waals surface area contributed by atoms with Crippen molar-refractivity contribution in [3.05, 3.63) is 58.6 Å². The molecule has 6 nitrogen and oxygen atoms in total. The molecule has 1 aliphatic rings. The molecule has 0 spiro atoms. The number of carbonyl (C=O) groups excluding carboxylic acids is 1. The topological polar surface area (TPSA) is 66.9 Å². The molecular weight excluding hydrogens is 462 g/mol. The average Bonchev–Trinajstić information content (AvgIpc) is 2.74. The first-order valence-corrected chi connectivity index (χ1v) is 12.0. The van der Waals surface area contributed by atoms with Gasteiger partial charge in [0.25, 0.3) is 5.91 Å². The van der Waals surface area contributed by atoms with Crippen LogP contribution in [0.1, 0.15) is 35.7 Å². The molecule has 1 unspecified atom stereocenters. The lowest BCUT2D eigenvalue weighted by Gasteiger charge is -2.30. The van der Waals surface area contributed by atoms with Crippen LogP contribution in [0.3, 0.4) is 0 Å².